The molecule has 0 aromatic heterocycles. The normalized spacial score (nSPS) is 23.5. The van der Waals surface area contributed by atoms with Crippen molar-refractivity contribution in [1.29, 1.82) is 0 Å². The smallest absolute Gasteiger partial charge is 0.307 e. The van der Waals surface area contributed by atoms with Crippen LogP contribution in [0.25, 0.3) is 0 Å². The van der Waals surface area contributed by atoms with Gasteiger partial charge in [0.05, 0.1) is 19.8 Å². The van der Waals surface area contributed by atoms with E-state index in [0.29, 0.717) is 0 Å². The first-order valence-corrected chi connectivity index (χ1v) is 13.1. The number of aliphatic hydroxyl groups excluding tert-OH is 1. The van der Waals surface area contributed by atoms with Gasteiger partial charge in [0.15, 0.2) is 6.10 Å². The van der Waals surface area contributed by atoms with Crippen LogP contribution in [0.1, 0.15) is 30.5 Å². The van der Waals surface area contributed by atoms with E-state index in [9.17, 15) is 14.7 Å². The number of hydrogen-bond acceptors (Lipinski definition) is 8. The molecule has 0 spiro atoms. The number of esters is 2. The van der Waals surface area contributed by atoms with Crippen LogP contribution >= 0.6 is 0 Å². The Morgan fingerprint density at radius 2 is 1.10 bits per heavy atom. The van der Waals surface area contributed by atoms with Crippen LogP contribution in [0.15, 0.2) is 103 Å². The van der Waals surface area contributed by atoms with Crippen LogP contribution in [0.2, 0.25) is 0 Å². The summed E-state index contributed by atoms with van der Waals surface area (Å²) in [6.45, 7) is 3.06. The lowest BCUT2D eigenvalue weighted by Crippen LogP contribution is -2.60. The van der Waals surface area contributed by atoms with E-state index in [1.807, 2.05) is 91.0 Å². The molecule has 210 valence electrons. The fourth-order valence-corrected chi connectivity index (χ4v) is 4.55. The Morgan fingerprint density at radius 1 is 0.650 bits per heavy atom. The third kappa shape index (κ3) is 8.09. The number of rotatable bonds is 11. The van der Waals surface area contributed by atoms with Gasteiger partial charge in [0, 0.05) is 19.4 Å². The van der Waals surface area contributed by atoms with Crippen LogP contribution in [0, 0.1) is 0 Å². The second-order valence-electron chi connectivity index (χ2n) is 9.49. The van der Waals surface area contributed by atoms with Crippen molar-refractivity contribution >= 4 is 11.9 Å². The fraction of sp³-hybridized carbons (Fsp3) is 0.312. The Hall–Kier alpha value is -3.82. The van der Waals surface area contributed by atoms with Gasteiger partial charge in [-0.3, -0.25) is 9.59 Å². The molecule has 1 N–H and O–H groups in total. The molecule has 1 aliphatic carbocycles. The number of hydrogen-bond donors (Lipinski definition) is 1. The Balaban J connectivity index is 1.72. The maximum absolute atomic E-state index is 12.1. The zero-order valence-electron chi connectivity index (χ0n) is 22.6. The molecule has 1 aliphatic rings. The molecule has 4 rings (SSSR count). The summed E-state index contributed by atoms with van der Waals surface area (Å²) >= 11 is 0. The summed E-state index contributed by atoms with van der Waals surface area (Å²) in [5.41, 5.74) is 2.95. The topological polar surface area (TPSA) is 101 Å². The first kappa shape index (κ1) is 29.2. The lowest BCUT2D eigenvalue weighted by molar-refractivity contribution is -0.214. The minimum Gasteiger partial charge on any atom is -0.455 e. The molecular weight excluding hydrogens is 512 g/mol. The zero-order chi connectivity index (χ0) is 28.3. The van der Waals surface area contributed by atoms with E-state index in [2.05, 4.69) is 0 Å². The van der Waals surface area contributed by atoms with Crippen molar-refractivity contribution in [2.45, 2.75) is 64.2 Å². The molecule has 0 amide bonds. The summed E-state index contributed by atoms with van der Waals surface area (Å²) in [5.74, 6) is -1.19. The highest BCUT2D eigenvalue weighted by Gasteiger charge is 2.51. The van der Waals surface area contributed by atoms with Gasteiger partial charge in [-0.15, -0.1) is 0 Å². The molecule has 1 fully saturated rings. The molecule has 0 radical (unpaired) electrons. The number of aliphatic hydroxyl groups is 1. The summed E-state index contributed by atoms with van der Waals surface area (Å²) in [4.78, 5) is 23.9. The van der Waals surface area contributed by atoms with E-state index in [4.69, 9.17) is 23.7 Å². The summed E-state index contributed by atoms with van der Waals surface area (Å²) in [5, 5.41) is 11.5. The lowest BCUT2D eigenvalue weighted by Gasteiger charge is -2.45. The summed E-state index contributed by atoms with van der Waals surface area (Å²) in [6, 6.07) is 28.6. The molecule has 0 aliphatic heterocycles. The molecule has 1 saturated carbocycles. The van der Waals surface area contributed by atoms with Crippen LogP contribution in [-0.4, -0.2) is 47.6 Å². The maximum atomic E-state index is 12.1. The monoisotopic (exact) mass is 546 g/mol. The van der Waals surface area contributed by atoms with E-state index < -0.39 is 42.5 Å². The van der Waals surface area contributed by atoms with E-state index in [1.165, 1.54) is 20.1 Å². The van der Waals surface area contributed by atoms with Gasteiger partial charge < -0.3 is 28.8 Å². The number of carbonyl (C=O) groups is 2. The molecule has 0 heterocycles. The van der Waals surface area contributed by atoms with Crippen molar-refractivity contribution in [2.75, 3.05) is 0 Å². The van der Waals surface area contributed by atoms with Crippen molar-refractivity contribution in [3.8, 4) is 0 Å². The Labute approximate surface area is 234 Å². The number of ether oxygens (including phenoxy) is 5. The predicted molar refractivity (Wildman–Crippen MR) is 146 cm³/mol. The largest absolute Gasteiger partial charge is 0.455 e. The number of benzene rings is 3. The molecule has 0 saturated heterocycles. The highest BCUT2D eigenvalue weighted by molar-refractivity contribution is 5.67. The Kier molecular flexibility index (Phi) is 10.6. The van der Waals surface area contributed by atoms with Gasteiger partial charge in [0.25, 0.3) is 0 Å². The predicted octanol–water partition coefficient (Wildman–Crippen LogP) is 4.50. The van der Waals surface area contributed by atoms with Crippen LogP contribution < -0.4 is 0 Å². The van der Waals surface area contributed by atoms with Crippen molar-refractivity contribution in [2.24, 2.45) is 0 Å². The standard InChI is InChI=1S/C32H34O8/c1-22(33)36-21-27-29(40-23(2)34)28(35)31(38-19-25-14-8-4-9-15-25)32(39-20-26-16-10-5-11-17-26)30(27)37-18-24-12-6-3-7-13-24/h3-17,21,28-32,35H,18-20H2,1-2H3/b27-21-/t28-,29-,30+,31+,32-/m0/s1. The third-order valence-corrected chi connectivity index (χ3v) is 6.42. The maximum Gasteiger partial charge on any atom is 0.307 e. The van der Waals surface area contributed by atoms with Gasteiger partial charge in [0.1, 0.15) is 30.7 Å². The summed E-state index contributed by atoms with van der Waals surface area (Å²) in [7, 11) is 0. The quantitative estimate of drug-likeness (QED) is 0.277. The van der Waals surface area contributed by atoms with Crippen LogP contribution in [0.3, 0.4) is 0 Å². The van der Waals surface area contributed by atoms with Gasteiger partial charge in [-0.05, 0) is 16.7 Å². The van der Waals surface area contributed by atoms with Crippen molar-refractivity contribution in [1.82, 2.24) is 0 Å². The average molecular weight is 547 g/mol. The molecule has 3 aromatic rings. The lowest BCUT2D eigenvalue weighted by atomic mass is 9.82. The highest BCUT2D eigenvalue weighted by atomic mass is 16.6. The molecule has 5 atom stereocenters. The van der Waals surface area contributed by atoms with Crippen LogP contribution in [-0.2, 0) is 53.1 Å². The Bertz CT molecular complexity index is 1250. The fourth-order valence-electron chi connectivity index (χ4n) is 4.55. The first-order valence-electron chi connectivity index (χ1n) is 13.1. The molecular formula is C32H34O8. The van der Waals surface area contributed by atoms with E-state index >= 15 is 0 Å². The summed E-state index contributed by atoms with van der Waals surface area (Å²) < 4.78 is 29.8. The highest BCUT2D eigenvalue weighted by Crippen LogP contribution is 2.35. The zero-order valence-corrected chi connectivity index (χ0v) is 22.6. The molecule has 8 nitrogen and oxygen atoms in total. The first-order chi connectivity index (χ1) is 19.4. The van der Waals surface area contributed by atoms with Crippen molar-refractivity contribution < 1.29 is 38.4 Å². The van der Waals surface area contributed by atoms with Gasteiger partial charge in [0.2, 0.25) is 0 Å². The molecule has 40 heavy (non-hydrogen) atoms. The minimum absolute atomic E-state index is 0.176. The molecule has 0 unspecified atom stereocenters. The van der Waals surface area contributed by atoms with Gasteiger partial charge >= 0.3 is 11.9 Å². The Morgan fingerprint density at radius 3 is 1.55 bits per heavy atom. The summed E-state index contributed by atoms with van der Waals surface area (Å²) in [6.07, 6.45) is -4.06. The third-order valence-electron chi connectivity index (χ3n) is 6.42. The van der Waals surface area contributed by atoms with Gasteiger partial charge in [-0.2, -0.15) is 0 Å². The van der Waals surface area contributed by atoms with Crippen LogP contribution in [0.5, 0.6) is 0 Å². The van der Waals surface area contributed by atoms with E-state index in [-0.39, 0.29) is 25.4 Å². The second kappa shape index (κ2) is 14.5. The number of carbonyl (C=O) groups excluding carboxylic acids is 2. The van der Waals surface area contributed by atoms with E-state index in [1.54, 1.807) is 0 Å². The molecule has 8 heteroatoms. The molecule has 3 aromatic carbocycles. The van der Waals surface area contributed by atoms with E-state index in [0.717, 1.165) is 16.7 Å². The van der Waals surface area contributed by atoms with Crippen molar-refractivity contribution in [3.63, 3.8) is 0 Å². The average Bonchev–Trinajstić information content (AvgIpc) is 2.96. The SMILES string of the molecule is CC(=O)O/C=C1\[C@@H](OCc2ccccc2)[C@H](OCc2ccccc2)[C@H](OCc2ccccc2)[C@@H](O)[C@H]1OC(C)=O. The second-order valence-corrected chi connectivity index (χ2v) is 9.49. The minimum atomic E-state index is -1.34. The van der Waals surface area contributed by atoms with Gasteiger partial charge in [-0.1, -0.05) is 91.0 Å². The van der Waals surface area contributed by atoms with Gasteiger partial charge in [-0.25, -0.2) is 0 Å². The van der Waals surface area contributed by atoms with Crippen molar-refractivity contribution in [3.05, 3.63) is 120 Å². The molecule has 0 bridgehead atoms. The van der Waals surface area contributed by atoms with Crippen LogP contribution in [0.4, 0.5) is 0 Å².